The molecule has 3 rings (SSSR count). The molecule has 0 saturated heterocycles. The highest BCUT2D eigenvalue weighted by molar-refractivity contribution is 5.99. The lowest BCUT2D eigenvalue weighted by Gasteiger charge is -2.24. The number of fused-ring (bicyclic) bond motifs is 1. The van der Waals surface area contributed by atoms with Gasteiger partial charge in [0.2, 0.25) is 0 Å². The summed E-state index contributed by atoms with van der Waals surface area (Å²) in [5.74, 6) is 1.33. The number of aromatic amines is 1. The van der Waals surface area contributed by atoms with E-state index < -0.39 is 0 Å². The Morgan fingerprint density at radius 3 is 2.82 bits per heavy atom. The lowest BCUT2D eigenvalue weighted by Crippen LogP contribution is -2.10. The third-order valence-electron chi connectivity index (χ3n) is 3.71. The molecule has 1 N–H and O–H groups in total. The van der Waals surface area contributed by atoms with Gasteiger partial charge >= 0.3 is 0 Å². The fourth-order valence-corrected chi connectivity index (χ4v) is 2.49. The van der Waals surface area contributed by atoms with Crippen LogP contribution in [0.25, 0.3) is 10.9 Å². The van der Waals surface area contributed by atoms with Gasteiger partial charge in [-0.25, -0.2) is 0 Å². The molecule has 1 aliphatic rings. The normalized spacial score (nSPS) is 15.8. The van der Waals surface area contributed by atoms with Crippen molar-refractivity contribution >= 4 is 17.2 Å². The van der Waals surface area contributed by atoms with Gasteiger partial charge < -0.3 is 9.72 Å². The van der Waals surface area contributed by atoms with Gasteiger partial charge in [-0.15, -0.1) is 0 Å². The summed E-state index contributed by atoms with van der Waals surface area (Å²) in [6.45, 7) is 0. The van der Waals surface area contributed by atoms with Crippen LogP contribution in [0, 0.1) is 0 Å². The molecular formula is C14H15NO2. The van der Waals surface area contributed by atoms with Gasteiger partial charge in [0.15, 0.2) is 6.29 Å². The zero-order chi connectivity index (χ0) is 11.8. The van der Waals surface area contributed by atoms with Gasteiger partial charge in [0, 0.05) is 22.2 Å². The van der Waals surface area contributed by atoms with E-state index in [1.54, 1.807) is 7.11 Å². The van der Waals surface area contributed by atoms with Gasteiger partial charge in [0.1, 0.15) is 5.75 Å². The molecule has 1 aromatic carbocycles. The molecule has 3 heteroatoms. The third-order valence-corrected chi connectivity index (χ3v) is 3.71. The van der Waals surface area contributed by atoms with E-state index in [1.165, 1.54) is 19.3 Å². The highest BCUT2D eigenvalue weighted by Crippen LogP contribution is 2.39. The van der Waals surface area contributed by atoms with E-state index in [0.29, 0.717) is 5.92 Å². The average Bonchev–Trinajstić information content (AvgIpc) is 2.63. The van der Waals surface area contributed by atoms with Crippen molar-refractivity contribution in [1.29, 1.82) is 0 Å². The van der Waals surface area contributed by atoms with E-state index in [9.17, 15) is 4.79 Å². The van der Waals surface area contributed by atoms with Gasteiger partial charge in [-0.05, 0) is 37.0 Å². The van der Waals surface area contributed by atoms with E-state index in [1.807, 2.05) is 18.2 Å². The summed E-state index contributed by atoms with van der Waals surface area (Å²) in [5.41, 5.74) is 2.94. The number of methoxy groups -OCH3 is 1. The van der Waals surface area contributed by atoms with Gasteiger partial charge in [-0.2, -0.15) is 0 Å². The molecule has 0 atom stereocenters. The second-order valence-electron chi connectivity index (χ2n) is 4.61. The average molecular weight is 229 g/mol. The van der Waals surface area contributed by atoms with Crippen LogP contribution in [-0.2, 0) is 0 Å². The first-order valence-corrected chi connectivity index (χ1v) is 5.98. The maximum Gasteiger partial charge on any atom is 0.152 e. The Kier molecular flexibility index (Phi) is 2.39. The molecule has 1 aliphatic carbocycles. The molecule has 88 valence electrons. The van der Waals surface area contributed by atoms with E-state index in [-0.39, 0.29) is 0 Å². The largest absolute Gasteiger partial charge is 0.497 e. The number of rotatable bonds is 3. The lowest BCUT2D eigenvalue weighted by molar-refractivity contribution is 0.112. The zero-order valence-electron chi connectivity index (χ0n) is 9.82. The summed E-state index contributed by atoms with van der Waals surface area (Å²) < 4.78 is 5.20. The van der Waals surface area contributed by atoms with E-state index >= 15 is 0 Å². The standard InChI is InChI=1S/C14H15NO2/c1-17-10-5-6-13-11(7-10)12(8-16)14(15-13)9-3-2-4-9/h5-9,15H,2-4H2,1H3. The first-order chi connectivity index (χ1) is 8.33. The molecule has 1 saturated carbocycles. The number of carbonyl (C=O) groups is 1. The quantitative estimate of drug-likeness (QED) is 0.821. The van der Waals surface area contributed by atoms with Crippen LogP contribution < -0.4 is 4.74 Å². The Bertz CT molecular complexity index is 567. The number of carbonyl (C=O) groups excluding carboxylic acids is 1. The van der Waals surface area contributed by atoms with Crippen molar-refractivity contribution in [2.45, 2.75) is 25.2 Å². The SMILES string of the molecule is COc1ccc2[nH]c(C3CCC3)c(C=O)c2c1. The zero-order valence-corrected chi connectivity index (χ0v) is 9.82. The number of aromatic nitrogens is 1. The maximum absolute atomic E-state index is 11.3. The Morgan fingerprint density at radius 1 is 1.41 bits per heavy atom. The fraction of sp³-hybridized carbons (Fsp3) is 0.357. The number of nitrogens with one attached hydrogen (secondary N) is 1. The van der Waals surface area contributed by atoms with Crippen LogP contribution in [0.15, 0.2) is 18.2 Å². The smallest absolute Gasteiger partial charge is 0.152 e. The second kappa shape index (κ2) is 3.91. The maximum atomic E-state index is 11.3. The minimum Gasteiger partial charge on any atom is -0.497 e. The van der Waals surface area contributed by atoms with Gasteiger partial charge in [-0.1, -0.05) is 6.42 Å². The molecule has 0 spiro atoms. The van der Waals surface area contributed by atoms with Crippen LogP contribution in [0.3, 0.4) is 0 Å². The summed E-state index contributed by atoms with van der Waals surface area (Å²) in [6, 6.07) is 5.82. The van der Waals surface area contributed by atoms with E-state index in [0.717, 1.165) is 34.2 Å². The molecule has 0 aliphatic heterocycles. The van der Waals surface area contributed by atoms with Crippen molar-refractivity contribution in [1.82, 2.24) is 4.98 Å². The van der Waals surface area contributed by atoms with E-state index in [4.69, 9.17) is 4.74 Å². The molecular weight excluding hydrogens is 214 g/mol. The second-order valence-corrected chi connectivity index (χ2v) is 4.61. The highest BCUT2D eigenvalue weighted by Gasteiger charge is 2.25. The Hall–Kier alpha value is -1.77. The Morgan fingerprint density at radius 2 is 2.24 bits per heavy atom. The van der Waals surface area contributed by atoms with Crippen molar-refractivity contribution in [2.75, 3.05) is 7.11 Å². The summed E-state index contributed by atoms with van der Waals surface area (Å²) in [6.07, 6.45) is 4.60. The lowest BCUT2D eigenvalue weighted by atomic mass is 9.81. The third kappa shape index (κ3) is 1.54. The number of benzene rings is 1. The molecule has 0 unspecified atom stereocenters. The number of aldehydes is 1. The molecule has 1 aromatic heterocycles. The summed E-state index contributed by atoms with van der Waals surface area (Å²) in [7, 11) is 1.64. The molecule has 17 heavy (non-hydrogen) atoms. The van der Waals surface area contributed by atoms with Crippen LogP contribution >= 0.6 is 0 Å². The summed E-state index contributed by atoms with van der Waals surface area (Å²) >= 11 is 0. The van der Waals surface area contributed by atoms with Crippen LogP contribution in [0.4, 0.5) is 0 Å². The topological polar surface area (TPSA) is 42.1 Å². The van der Waals surface area contributed by atoms with Crippen molar-refractivity contribution in [3.8, 4) is 5.75 Å². The number of ether oxygens (including phenoxy) is 1. The Balaban J connectivity index is 2.19. The van der Waals surface area contributed by atoms with Crippen molar-refractivity contribution in [3.63, 3.8) is 0 Å². The molecule has 0 amide bonds. The van der Waals surface area contributed by atoms with Crippen molar-refractivity contribution in [2.24, 2.45) is 0 Å². The van der Waals surface area contributed by atoms with Crippen LogP contribution in [0.1, 0.15) is 41.2 Å². The van der Waals surface area contributed by atoms with Crippen molar-refractivity contribution < 1.29 is 9.53 Å². The molecule has 0 radical (unpaired) electrons. The van der Waals surface area contributed by atoms with Gasteiger partial charge in [-0.3, -0.25) is 4.79 Å². The van der Waals surface area contributed by atoms with Crippen LogP contribution in [-0.4, -0.2) is 18.4 Å². The van der Waals surface area contributed by atoms with E-state index in [2.05, 4.69) is 4.98 Å². The summed E-state index contributed by atoms with van der Waals surface area (Å²) in [5, 5.41) is 0.973. The predicted octanol–water partition coefficient (Wildman–Crippen LogP) is 3.26. The first-order valence-electron chi connectivity index (χ1n) is 5.98. The molecule has 2 aromatic rings. The number of hydrogen-bond donors (Lipinski definition) is 1. The minimum atomic E-state index is 0.536. The van der Waals surface area contributed by atoms with Crippen LogP contribution in [0.5, 0.6) is 5.75 Å². The van der Waals surface area contributed by atoms with Gasteiger partial charge in [0.25, 0.3) is 0 Å². The number of H-pyrrole nitrogens is 1. The highest BCUT2D eigenvalue weighted by atomic mass is 16.5. The summed E-state index contributed by atoms with van der Waals surface area (Å²) in [4.78, 5) is 14.7. The number of hydrogen-bond acceptors (Lipinski definition) is 2. The molecule has 0 bridgehead atoms. The monoisotopic (exact) mass is 229 g/mol. The van der Waals surface area contributed by atoms with Crippen LogP contribution in [0.2, 0.25) is 0 Å². The Labute approximate surface area is 99.8 Å². The first kappa shape index (κ1) is 10.4. The predicted molar refractivity (Wildman–Crippen MR) is 66.8 cm³/mol. The molecule has 1 fully saturated rings. The van der Waals surface area contributed by atoms with Gasteiger partial charge in [0.05, 0.1) is 7.11 Å². The minimum absolute atomic E-state index is 0.536. The fourth-order valence-electron chi connectivity index (χ4n) is 2.49. The van der Waals surface area contributed by atoms with Crippen molar-refractivity contribution in [3.05, 3.63) is 29.5 Å². The molecule has 3 nitrogen and oxygen atoms in total. The molecule has 1 heterocycles.